The van der Waals surface area contributed by atoms with Gasteiger partial charge in [-0.15, -0.1) is 0 Å². The third kappa shape index (κ3) is 3.50. The van der Waals surface area contributed by atoms with Gasteiger partial charge in [-0.3, -0.25) is 5.10 Å². The summed E-state index contributed by atoms with van der Waals surface area (Å²) in [6.45, 7) is 0.342. The van der Waals surface area contributed by atoms with Crippen LogP contribution in [-0.4, -0.2) is 39.4 Å². The fraction of sp³-hybridized carbons (Fsp3) is 0.389. The number of nitrogens with zero attached hydrogens (tertiary/aromatic N) is 3. The number of H-pyrrole nitrogens is 1. The summed E-state index contributed by atoms with van der Waals surface area (Å²) in [4.78, 5) is 8.36. The van der Waals surface area contributed by atoms with Crippen LogP contribution in [0.5, 0.6) is 0 Å². The zero-order chi connectivity index (χ0) is 17.9. The molecule has 136 valence electrons. The highest BCUT2D eigenvalue weighted by atomic mass is 19.1. The first-order valence-electron chi connectivity index (χ1n) is 8.57. The first kappa shape index (κ1) is 16.8. The van der Waals surface area contributed by atoms with Crippen molar-refractivity contribution in [2.45, 2.75) is 25.1 Å². The van der Waals surface area contributed by atoms with Gasteiger partial charge in [0.2, 0.25) is 0 Å². The lowest BCUT2D eigenvalue weighted by Crippen LogP contribution is -2.38. The molecule has 0 radical (unpaired) electrons. The van der Waals surface area contributed by atoms with E-state index in [0.29, 0.717) is 24.2 Å². The predicted octanol–water partition coefficient (Wildman–Crippen LogP) is 3.41. The molecule has 2 N–H and O–H groups in total. The van der Waals surface area contributed by atoms with Crippen molar-refractivity contribution in [2.24, 2.45) is 5.92 Å². The zero-order valence-corrected chi connectivity index (χ0v) is 14.0. The van der Waals surface area contributed by atoms with Gasteiger partial charge >= 0.3 is 0 Å². The summed E-state index contributed by atoms with van der Waals surface area (Å²) >= 11 is 0. The van der Waals surface area contributed by atoms with E-state index in [0.717, 1.165) is 24.0 Å². The predicted molar refractivity (Wildman–Crippen MR) is 92.9 cm³/mol. The van der Waals surface area contributed by atoms with Crippen LogP contribution in [0.3, 0.4) is 0 Å². The summed E-state index contributed by atoms with van der Waals surface area (Å²) in [6, 6.07) is 6.17. The molecule has 8 heteroatoms. The molecule has 0 spiro atoms. The van der Waals surface area contributed by atoms with Gasteiger partial charge in [-0.25, -0.2) is 18.7 Å². The van der Waals surface area contributed by atoms with Gasteiger partial charge in [-0.1, -0.05) is 18.2 Å². The smallest absolute Gasteiger partial charge is 0.160 e. The lowest BCUT2D eigenvalue weighted by atomic mass is 9.81. The van der Waals surface area contributed by atoms with Gasteiger partial charge in [0.15, 0.2) is 11.8 Å². The van der Waals surface area contributed by atoms with E-state index in [-0.39, 0.29) is 12.2 Å². The molecule has 0 amide bonds. The quantitative estimate of drug-likeness (QED) is 0.676. The lowest BCUT2D eigenvalue weighted by Gasteiger charge is -2.36. The van der Waals surface area contributed by atoms with Crippen molar-refractivity contribution >= 4 is 16.9 Å². The van der Waals surface area contributed by atoms with Gasteiger partial charge in [0.1, 0.15) is 18.0 Å². The lowest BCUT2D eigenvalue weighted by molar-refractivity contribution is 0.0327. The number of anilines is 1. The molecule has 6 nitrogen and oxygen atoms in total. The first-order chi connectivity index (χ1) is 12.7. The number of hydrogen-bond acceptors (Lipinski definition) is 5. The molecule has 1 unspecified atom stereocenters. The molecule has 0 bridgehead atoms. The molecule has 0 aliphatic heterocycles. The average molecular weight is 359 g/mol. The summed E-state index contributed by atoms with van der Waals surface area (Å²) in [5.41, 5.74) is 0.748. The highest BCUT2D eigenvalue weighted by Crippen LogP contribution is 2.32. The highest BCUT2D eigenvalue weighted by Gasteiger charge is 2.30. The Morgan fingerprint density at radius 3 is 2.96 bits per heavy atom. The molecule has 26 heavy (non-hydrogen) atoms. The van der Waals surface area contributed by atoms with Crippen LogP contribution < -0.4 is 5.32 Å². The number of nitrogens with one attached hydrogen (secondary N) is 2. The van der Waals surface area contributed by atoms with Crippen molar-refractivity contribution in [2.75, 3.05) is 18.5 Å². The van der Waals surface area contributed by atoms with Gasteiger partial charge in [0, 0.05) is 18.2 Å². The van der Waals surface area contributed by atoms with E-state index < -0.39 is 12.0 Å². The number of benzene rings is 1. The van der Waals surface area contributed by atoms with E-state index in [4.69, 9.17) is 4.74 Å². The molecular formula is C18H19F2N5O. The Morgan fingerprint density at radius 2 is 2.12 bits per heavy atom. The topological polar surface area (TPSA) is 75.7 Å². The van der Waals surface area contributed by atoms with Crippen LogP contribution in [0, 0.1) is 11.7 Å². The fourth-order valence-electron chi connectivity index (χ4n) is 3.22. The third-order valence-electron chi connectivity index (χ3n) is 4.68. The Morgan fingerprint density at radius 1 is 1.27 bits per heavy atom. The van der Waals surface area contributed by atoms with Gasteiger partial charge in [0.25, 0.3) is 0 Å². The van der Waals surface area contributed by atoms with Crippen LogP contribution in [0.2, 0.25) is 0 Å². The number of ether oxygens (including phenoxy) is 1. The van der Waals surface area contributed by atoms with Gasteiger partial charge in [-0.2, -0.15) is 5.10 Å². The normalized spacial score (nSPS) is 20.7. The maximum atomic E-state index is 14.0. The molecule has 1 aliphatic carbocycles. The van der Waals surface area contributed by atoms with Crippen molar-refractivity contribution in [3.8, 4) is 0 Å². The zero-order valence-electron chi connectivity index (χ0n) is 14.0. The second-order valence-corrected chi connectivity index (χ2v) is 6.56. The SMILES string of the molecule is Fc1ccccc1C(F)COCC1CC(Nc2ncnc3[nH]ncc23)C1. The van der Waals surface area contributed by atoms with E-state index in [1.165, 1.54) is 18.5 Å². The summed E-state index contributed by atoms with van der Waals surface area (Å²) in [5, 5.41) is 11.0. The number of halogens is 2. The number of hydrogen-bond donors (Lipinski definition) is 2. The fourth-order valence-corrected chi connectivity index (χ4v) is 3.22. The number of alkyl halides is 1. The van der Waals surface area contributed by atoms with Crippen LogP contribution in [0.15, 0.2) is 36.8 Å². The van der Waals surface area contributed by atoms with Gasteiger partial charge < -0.3 is 10.1 Å². The Kier molecular flexibility index (Phi) is 4.75. The molecular weight excluding hydrogens is 340 g/mol. The standard InChI is InChI=1S/C18H19F2N5O/c19-15-4-2-1-3-13(15)16(20)9-26-8-11-5-12(6-11)24-17-14-7-23-25-18(14)22-10-21-17/h1-4,7,10-12,16H,5-6,8-9H2,(H2,21,22,23,24,25). The van der Waals surface area contributed by atoms with Crippen LogP contribution >= 0.6 is 0 Å². The van der Waals surface area contributed by atoms with Crippen LogP contribution in [0.1, 0.15) is 24.6 Å². The van der Waals surface area contributed by atoms with Crippen molar-refractivity contribution < 1.29 is 13.5 Å². The molecule has 4 rings (SSSR count). The molecule has 2 heterocycles. The second-order valence-electron chi connectivity index (χ2n) is 6.56. The molecule has 1 aliphatic rings. The molecule has 1 saturated carbocycles. The Hall–Kier alpha value is -2.61. The van der Waals surface area contributed by atoms with Crippen molar-refractivity contribution in [1.29, 1.82) is 0 Å². The second kappa shape index (κ2) is 7.33. The number of aromatic amines is 1. The minimum atomic E-state index is -1.44. The first-order valence-corrected chi connectivity index (χ1v) is 8.57. The molecule has 1 atom stereocenters. The minimum Gasteiger partial charge on any atom is -0.378 e. The van der Waals surface area contributed by atoms with E-state index in [2.05, 4.69) is 25.5 Å². The molecule has 3 aromatic rings. The largest absolute Gasteiger partial charge is 0.378 e. The van der Waals surface area contributed by atoms with E-state index >= 15 is 0 Å². The van der Waals surface area contributed by atoms with Crippen LogP contribution in [0.4, 0.5) is 14.6 Å². The summed E-state index contributed by atoms with van der Waals surface area (Å²) in [5.74, 6) is 0.588. The molecule has 1 aromatic carbocycles. The maximum absolute atomic E-state index is 14.0. The molecule has 0 saturated heterocycles. The Labute approximate surface area is 149 Å². The monoisotopic (exact) mass is 359 g/mol. The van der Waals surface area contributed by atoms with Gasteiger partial charge in [0.05, 0.1) is 18.2 Å². The van der Waals surface area contributed by atoms with E-state index in [1.807, 2.05) is 0 Å². The average Bonchev–Trinajstić information content (AvgIpc) is 3.09. The minimum absolute atomic E-state index is 0.0496. The van der Waals surface area contributed by atoms with Crippen LogP contribution in [-0.2, 0) is 4.74 Å². The van der Waals surface area contributed by atoms with Gasteiger partial charge in [-0.05, 0) is 24.8 Å². The van der Waals surface area contributed by atoms with Crippen LogP contribution in [0.25, 0.3) is 11.0 Å². The Bertz CT molecular complexity index is 881. The van der Waals surface area contributed by atoms with E-state index in [9.17, 15) is 8.78 Å². The molecule has 2 aromatic heterocycles. The van der Waals surface area contributed by atoms with Crippen molar-refractivity contribution in [3.05, 3.63) is 48.2 Å². The highest BCUT2D eigenvalue weighted by molar-refractivity contribution is 5.85. The number of fused-ring (bicyclic) bond motifs is 1. The Balaban J connectivity index is 1.21. The maximum Gasteiger partial charge on any atom is 0.160 e. The number of aromatic nitrogens is 4. The van der Waals surface area contributed by atoms with Crippen molar-refractivity contribution in [1.82, 2.24) is 20.2 Å². The van der Waals surface area contributed by atoms with E-state index in [1.54, 1.807) is 18.3 Å². The summed E-state index contributed by atoms with van der Waals surface area (Å²) < 4.78 is 33.0. The summed E-state index contributed by atoms with van der Waals surface area (Å²) in [6.07, 6.45) is 3.58. The van der Waals surface area contributed by atoms with Crippen molar-refractivity contribution in [3.63, 3.8) is 0 Å². The summed E-state index contributed by atoms with van der Waals surface area (Å²) in [7, 11) is 0. The number of rotatable bonds is 7. The third-order valence-corrected chi connectivity index (χ3v) is 4.68. The molecule has 1 fully saturated rings.